The van der Waals surface area contributed by atoms with Crippen molar-refractivity contribution < 1.29 is 9.53 Å². The number of Topliss-reactive ketones (excluding diaryl/α,β-unsaturated/α-hetero) is 1. The van der Waals surface area contributed by atoms with Crippen LogP contribution in [0.2, 0.25) is 5.02 Å². The molecule has 2 aromatic carbocycles. The van der Waals surface area contributed by atoms with Crippen LogP contribution in [0.5, 0.6) is 5.75 Å². The highest BCUT2D eigenvalue weighted by atomic mass is 35.5. The van der Waals surface area contributed by atoms with Crippen molar-refractivity contribution in [3.8, 4) is 5.75 Å². The van der Waals surface area contributed by atoms with Crippen LogP contribution in [0.1, 0.15) is 23.0 Å². The van der Waals surface area contributed by atoms with Gasteiger partial charge in [0.25, 0.3) is 0 Å². The highest BCUT2D eigenvalue weighted by Gasteiger charge is 2.09. The minimum Gasteiger partial charge on any atom is -0.495 e. The summed E-state index contributed by atoms with van der Waals surface area (Å²) < 4.78 is 5.34. The molecule has 0 fully saturated rings. The first-order chi connectivity index (χ1) is 12.9. The predicted octanol–water partition coefficient (Wildman–Crippen LogP) is 5.14. The molecule has 0 aliphatic heterocycles. The minimum atomic E-state index is 0.00734. The normalized spacial score (nSPS) is 10.4. The van der Waals surface area contributed by atoms with E-state index < -0.39 is 0 Å². The number of anilines is 4. The van der Waals surface area contributed by atoms with Crippen LogP contribution in [0.4, 0.5) is 23.1 Å². The van der Waals surface area contributed by atoms with Gasteiger partial charge in [-0.25, -0.2) is 4.98 Å². The molecule has 1 aromatic heterocycles. The number of carbonyl (C=O) groups is 1. The topological polar surface area (TPSA) is 76.1 Å². The van der Waals surface area contributed by atoms with Crippen molar-refractivity contribution in [2.24, 2.45) is 0 Å². The molecular weight excluding hydrogens is 364 g/mol. The molecule has 0 saturated heterocycles. The number of carbonyl (C=O) groups excluding carboxylic acids is 1. The summed E-state index contributed by atoms with van der Waals surface area (Å²) in [5, 5.41) is 6.92. The van der Waals surface area contributed by atoms with Crippen LogP contribution in [0.3, 0.4) is 0 Å². The van der Waals surface area contributed by atoms with Gasteiger partial charge >= 0.3 is 0 Å². The van der Waals surface area contributed by atoms with Gasteiger partial charge in [-0.3, -0.25) is 4.79 Å². The maximum atomic E-state index is 11.6. The second-order valence-corrected chi connectivity index (χ2v) is 6.39. The van der Waals surface area contributed by atoms with E-state index in [2.05, 4.69) is 20.6 Å². The van der Waals surface area contributed by atoms with E-state index in [9.17, 15) is 4.79 Å². The predicted molar refractivity (Wildman–Crippen MR) is 108 cm³/mol. The van der Waals surface area contributed by atoms with E-state index >= 15 is 0 Å². The first-order valence-corrected chi connectivity index (χ1v) is 8.66. The Morgan fingerprint density at radius 3 is 2.63 bits per heavy atom. The minimum absolute atomic E-state index is 0.00734. The molecule has 6 nitrogen and oxygen atoms in total. The molecule has 3 rings (SSSR count). The number of hydrogen-bond acceptors (Lipinski definition) is 6. The summed E-state index contributed by atoms with van der Waals surface area (Å²) in [5.41, 5.74) is 2.85. The second kappa shape index (κ2) is 8.05. The Bertz CT molecular complexity index is 991. The van der Waals surface area contributed by atoms with Crippen LogP contribution >= 0.6 is 11.6 Å². The van der Waals surface area contributed by atoms with E-state index in [1.165, 1.54) is 6.92 Å². The van der Waals surface area contributed by atoms with E-state index in [1.54, 1.807) is 37.4 Å². The number of benzene rings is 2. The first-order valence-electron chi connectivity index (χ1n) is 8.29. The summed E-state index contributed by atoms with van der Waals surface area (Å²) in [6, 6.07) is 14.3. The molecule has 0 bridgehead atoms. The van der Waals surface area contributed by atoms with Crippen LogP contribution in [-0.4, -0.2) is 22.9 Å². The zero-order valence-electron chi connectivity index (χ0n) is 15.2. The van der Waals surface area contributed by atoms with Gasteiger partial charge in [-0.15, -0.1) is 0 Å². The maximum Gasteiger partial charge on any atom is 0.229 e. The van der Waals surface area contributed by atoms with E-state index in [4.69, 9.17) is 16.3 Å². The number of ketones is 1. The van der Waals surface area contributed by atoms with Crippen LogP contribution in [0, 0.1) is 6.92 Å². The zero-order chi connectivity index (χ0) is 19.4. The van der Waals surface area contributed by atoms with Gasteiger partial charge in [0.15, 0.2) is 5.78 Å². The fourth-order valence-electron chi connectivity index (χ4n) is 2.55. The lowest BCUT2D eigenvalue weighted by Crippen LogP contribution is -2.04. The number of ether oxygens (including phenoxy) is 1. The van der Waals surface area contributed by atoms with Crippen molar-refractivity contribution in [3.63, 3.8) is 0 Å². The summed E-state index contributed by atoms with van der Waals surface area (Å²) in [5.74, 6) is 1.65. The van der Waals surface area contributed by atoms with Crippen molar-refractivity contribution in [3.05, 3.63) is 64.8 Å². The number of aromatic nitrogens is 2. The van der Waals surface area contributed by atoms with Gasteiger partial charge in [0.05, 0.1) is 12.8 Å². The molecule has 0 unspecified atom stereocenters. The molecule has 2 N–H and O–H groups in total. The third-order valence-electron chi connectivity index (χ3n) is 3.80. The average Bonchev–Trinajstić information content (AvgIpc) is 2.61. The molecule has 0 saturated carbocycles. The highest BCUT2D eigenvalue weighted by molar-refractivity contribution is 6.31. The Kier molecular flexibility index (Phi) is 5.57. The standard InChI is InChI=1S/C20H19ClN4O2/c1-12-9-19(23-16-6-4-5-14(10-16)13(2)26)25-20(22-12)24-17-11-15(21)7-8-18(17)27-3/h4-11H,1-3H3,(H2,22,23,24,25). The Labute approximate surface area is 162 Å². The molecule has 0 radical (unpaired) electrons. The van der Waals surface area contributed by atoms with Crippen LogP contribution < -0.4 is 15.4 Å². The van der Waals surface area contributed by atoms with Gasteiger partial charge in [-0.2, -0.15) is 4.98 Å². The smallest absolute Gasteiger partial charge is 0.229 e. The van der Waals surface area contributed by atoms with E-state index in [-0.39, 0.29) is 5.78 Å². The maximum absolute atomic E-state index is 11.6. The van der Waals surface area contributed by atoms with Crippen molar-refractivity contribution in [1.29, 1.82) is 0 Å². The van der Waals surface area contributed by atoms with Gasteiger partial charge in [-0.05, 0) is 44.2 Å². The average molecular weight is 383 g/mol. The molecule has 0 atom stereocenters. The number of nitrogens with zero attached hydrogens (tertiary/aromatic N) is 2. The van der Waals surface area contributed by atoms with Crippen molar-refractivity contribution >= 4 is 40.5 Å². The molecule has 1 heterocycles. The summed E-state index contributed by atoms with van der Waals surface area (Å²) in [6.45, 7) is 3.41. The number of methoxy groups -OCH3 is 1. The number of rotatable bonds is 6. The lowest BCUT2D eigenvalue weighted by atomic mass is 10.1. The summed E-state index contributed by atoms with van der Waals surface area (Å²) in [4.78, 5) is 20.5. The van der Waals surface area contributed by atoms with Gasteiger partial charge in [0, 0.05) is 28.0 Å². The first kappa shape index (κ1) is 18.7. The molecule has 27 heavy (non-hydrogen) atoms. The van der Waals surface area contributed by atoms with Crippen molar-refractivity contribution in [1.82, 2.24) is 9.97 Å². The zero-order valence-corrected chi connectivity index (χ0v) is 16.0. The molecule has 0 aliphatic rings. The number of nitrogens with one attached hydrogen (secondary N) is 2. The lowest BCUT2D eigenvalue weighted by molar-refractivity contribution is 0.101. The molecule has 138 valence electrons. The number of halogens is 1. The summed E-state index contributed by atoms with van der Waals surface area (Å²) in [7, 11) is 1.58. The third kappa shape index (κ3) is 4.74. The lowest BCUT2D eigenvalue weighted by Gasteiger charge is -2.13. The van der Waals surface area contributed by atoms with E-state index in [1.807, 2.05) is 25.1 Å². The Balaban J connectivity index is 1.88. The van der Waals surface area contributed by atoms with Gasteiger partial charge in [-0.1, -0.05) is 23.7 Å². The van der Waals surface area contributed by atoms with Crippen LogP contribution in [0.25, 0.3) is 0 Å². The summed E-state index contributed by atoms with van der Waals surface area (Å²) in [6.07, 6.45) is 0. The second-order valence-electron chi connectivity index (χ2n) is 5.95. The van der Waals surface area contributed by atoms with Crippen LogP contribution in [0.15, 0.2) is 48.5 Å². The SMILES string of the molecule is COc1ccc(Cl)cc1Nc1nc(C)cc(Nc2cccc(C(C)=O)c2)n1. The highest BCUT2D eigenvalue weighted by Crippen LogP contribution is 2.30. The third-order valence-corrected chi connectivity index (χ3v) is 4.04. The van der Waals surface area contributed by atoms with E-state index in [0.29, 0.717) is 33.8 Å². The summed E-state index contributed by atoms with van der Waals surface area (Å²) >= 11 is 6.07. The van der Waals surface area contributed by atoms with Gasteiger partial charge < -0.3 is 15.4 Å². The Morgan fingerprint density at radius 1 is 1.07 bits per heavy atom. The monoisotopic (exact) mass is 382 g/mol. The van der Waals surface area contributed by atoms with Gasteiger partial charge in [0.1, 0.15) is 11.6 Å². The molecule has 0 spiro atoms. The Morgan fingerprint density at radius 2 is 1.89 bits per heavy atom. The van der Waals surface area contributed by atoms with Crippen LogP contribution in [-0.2, 0) is 0 Å². The number of hydrogen-bond donors (Lipinski definition) is 2. The number of aryl methyl sites for hydroxylation is 1. The van der Waals surface area contributed by atoms with E-state index in [0.717, 1.165) is 11.4 Å². The quantitative estimate of drug-likeness (QED) is 0.575. The van der Waals surface area contributed by atoms with Crippen molar-refractivity contribution in [2.45, 2.75) is 13.8 Å². The molecule has 3 aromatic rings. The van der Waals surface area contributed by atoms with Gasteiger partial charge in [0.2, 0.25) is 5.95 Å². The largest absolute Gasteiger partial charge is 0.495 e. The fourth-order valence-corrected chi connectivity index (χ4v) is 2.72. The van der Waals surface area contributed by atoms with Crippen molar-refractivity contribution in [2.75, 3.05) is 17.7 Å². The fraction of sp³-hybridized carbons (Fsp3) is 0.150. The Hall–Kier alpha value is -3.12. The molecule has 7 heteroatoms. The molecule has 0 amide bonds. The molecule has 0 aliphatic carbocycles. The molecular formula is C20H19ClN4O2.